The fraction of sp³-hybridized carbons (Fsp3) is 0.333. The van der Waals surface area contributed by atoms with Crippen molar-refractivity contribution < 1.29 is 18.0 Å². The number of aryl methyl sites for hydroxylation is 1. The van der Waals surface area contributed by atoms with E-state index in [1.165, 1.54) is 24.8 Å². The molecule has 2 amide bonds. The predicted molar refractivity (Wildman–Crippen MR) is 116 cm³/mol. The highest BCUT2D eigenvalue weighted by atomic mass is 32.2. The maximum Gasteiger partial charge on any atom is 0.225 e. The average Bonchev–Trinajstić information content (AvgIpc) is 2.88. The van der Waals surface area contributed by atoms with Crippen LogP contribution in [0.5, 0.6) is 0 Å². The normalized spacial score (nSPS) is 15.0. The van der Waals surface area contributed by atoms with E-state index in [0.29, 0.717) is 23.5 Å². The average molecular weight is 433 g/mol. The highest BCUT2D eigenvalue weighted by Gasteiger charge is 2.27. The Bertz CT molecular complexity index is 1030. The molecule has 0 saturated carbocycles. The zero-order valence-corrected chi connectivity index (χ0v) is 18.0. The Hall–Kier alpha value is -2.32. The van der Waals surface area contributed by atoms with E-state index in [-0.39, 0.29) is 23.1 Å². The molecule has 1 aliphatic rings. The van der Waals surface area contributed by atoms with Gasteiger partial charge in [0.15, 0.2) is 9.84 Å². The van der Waals surface area contributed by atoms with Gasteiger partial charge in [0.25, 0.3) is 0 Å². The minimum atomic E-state index is -3.73. The number of fused-ring (bicyclic) bond motifs is 1. The Balaban J connectivity index is 1.75. The standard InChI is InChI=1S/C21H24N2O4S2/c1-3-15-6-4-5-7-17(15)22-21(25)12-14(2)29(26,27)16-8-9-19-18(13-16)23-20(24)10-11-28-19/h4-9,13-14H,3,10-12H2,1-2H3,(H,22,25)(H,23,24)/t14-/m0/s1. The molecule has 0 aromatic heterocycles. The van der Waals surface area contributed by atoms with Gasteiger partial charge in [-0.2, -0.15) is 0 Å². The number of thioether (sulfide) groups is 1. The molecule has 0 bridgehead atoms. The molecule has 1 aliphatic heterocycles. The molecule has 0 saturated heterocycles. The number of carbonyl (C=O) groups is 2. The van der Waals surface area contributed by atoms with Crippen molar-refractivity contribution in [2.45, 2.75) is 48.2 Å². The first kappa shape index (κ1) is 21.4. The van der Waals surface area contributed by atoms with Crippen LogP contribution in [0.4, 0.5) is 11.4 Å². The fourth-order valence-electron chi connectivity index (χ4n) is 3.13. The molecule has 0 spiro atoms. The van der Waals surface area contributed by atoms with Gasteiger partial charge in [0.1, 0.15) is 0 Å². The molecular formula is C21H24N2O4S2. The van der Waals surface area contributed by atoms with Gasteiger partial charge < -0.3 is 10.6 Å². The van der Waals surface area contributed by atoms with Crippen LogP contribution in [0.1, 0.15) is 32.3 Å². The first-order valence-electron chi connectivity index (χ1n) is 9.49. The van der Waals surface area contributed by atoms with Crippen molar-refractivity contribution in [3.05, 3.63) is 48.0 Å². The molecule has 3 rings (SSSR count). The highest BCUT2D eigenvalue weighted by Crippen LogP contribution is 2.33. The molecule has 6 nitrogen and oxygen atoms in total. The largest absolute Gasteiger partial charge is 0.326 e. The summed E-state index contributed by atoms with van der Waals surface area (Å²) in [7, 11) is -3.73. The lowest BCUT2D eigenvalue weighted by atomic mass is 10.1. The molecule has 0 unspecified atom stereocenters. The number of nitrogens with one attached hydrogen (secondary N) is 2. The van der Waals surface area contributed by atoms with Crippen molar-refractivity contribution in [2.75, 3.05) is 16.4 Å². The van der Waals surface area contributed by atoms with Crippen molar-refractivity contribution >= 4 is 44.8 Å². The number of benzene rings is 2. The molecule has 0 radical (unpaired) electrons. The second-order valence-electron chi connectivity index (χ2n) is 6.92. The van der Waals surface area contributed by atoms with Gasteiger partial charge in [-0.25, -0.2) is 8.42 Å². The zero-order chi connectivity index (χ0) is 21.0. The Morgan fingerprint density at radius 1 is 1.24 bits per heavy atom. The predicted octanol–water partition coefficient (Wildman–Crippen LogP) is 3.87. The third kappa shape index (κ3) is 5.00. The third-order valence-electron chi connectivity index (χ3n) is 4.82. The molecule has 8 heteroatoms. The molecule has 2 aromatic rings. The topological polar surface area (TPSA) is 92.3 Å². The number of carbonyl (C=O) groups excluding carboxylic acids is 2. The molecular weight excluding hydrogens is 408 g/mol. The minimum Gasteiger partial charge on any atom is -0.326 e. The molecule has 29 heavy (non-hydrogen) atoms. The number of hydrogen-bond donors (Lipinski definition) is 2. The van der Waals surface area contributed by atoms with Crippen LogP contribution in [0.15, 0.2) is 52.3 Å². The fourth-order valence-corrected chi connectivity index (χ4v) is 5.44. The van der Waals surface area contributed by atoms with Crippen LogP contribution < -0.4 is 10.6 Å². The Kier molecular flexibility index (Phi) is 6.64. The lowest BCUT2D eigenvalue weighted by Crippen LogP contribution is -2.25. The van der Waals surface area contributed by atoms with Crippen molar-refractivity contribution in [3.8, 4) is 0 Å². The van der Waals surface area contributed by atoms with Gasteiger partial charge in [0.2, 0.25) is 11.8 Å². The maximum atomic E-state index is 13.0. The van der Waals surface area contributed by atoms with Crippen molar-refractivity contribution in [2.24, 2.45) is 0 Å². The van der Waals surface area contributed by atoms with Crippen molar-refractivity contribution in [3.63, 3.8) is 0 Å². The molecule has 2 aromatic carbocycles. The molecule has 1 atom stereocenters. The second kappa shape index (κ2) is 9.00. The van der Waals surface area contributed by atoms with Crippen LogP contribution >= 0.6 is 11.8 Å². The van der Waals surface area contributed by atoms with E-state index in [1.807, 2.05) is 31.2 Å². The van der Waals surface area contributed by atoms with E-state index in [0.717, 1.165) is 16.9 Å². The Morgan fingerprint density at radius 2 is 2.00 bits per heavy atom. The van der Waals surface area contributed by atoms with Crippen LogP contribution in [0.2, 0.25) is 0 Å². The minimum absolute atomic E-state index is 0.105. The number of rotatable bonds is 6. The SMILES string of the molecule is CCc1ccccc1NC(=O)C[C@H](C)S(=O)(=O)c1ccc2c(c1)NC(=O)CCS2. The summed E-state index contributed by atoms with van der Waals surface area (Å²) in [5, 5.41) is 4.67. The van der Waals surface area contributed by atoms with Crippen molar-refractivity contribution in [1.82, 2.24) is 0 Å². The summed E-state index contributed by atoms with van der Waals surface area (Å²) in [5.41, 5.74) is 2.21. The second-order valence-corrected chi connectivity index (χ2v) is 10.4. The Morgan fingerprint density at radius 3 is 2.76 bits per heavy atom. The van der Waals surface area contributed by atoms with Gasteiger partial charge in [0, 0.05) is 29.2 Å². The number of anilines is 2. The summed E-state index contributed by atoms with van der Waals surface area (Å²) in [6, 6.07) is 12.2. The van der Waals surface area contributed by atoms with E-state index in [9.17, 15) is 18.0 Å². The van der Waals surface area contributed by atoms with Crippen LogP contribution in [0.25, 0.3) is 0 Å². The summed E-state index contributed by atoms with van der Waals surface area (Å²) in [4.78, 5) is 25.2. The van der Waals surface area contributed by atoms with Crippen LogP contribution in [0.3, 0.4) is 0 Å². The summed E-state index contributed by atoms with van der Waals surface area (Å²) in [5.74, 6) is 0.175. The number of sulfone groups is 1. The molecule has 2 N–H and O–H groups in total. The maximum absolute atomic E-state index is 13.0. The van der Waals surface area contributed by atoms with Gasteiger partial charge in [-0.1, -0.05) is 25.1 Å². The van der Waals surface area contributed by atoms with Gasteiger partial charge >= 0.3 is 0 Å². The highest BCUT2D eigenvalue weighted by molar-refractivity contribution is 7.99. The molecule has 0 aliphatic carbocycles. The molecule has 1 heterocycles. The smallest absolute Gasteiger partial charge is 0.225 e. The summed E-state index contributed by atoms with van der Waals surface area (Å²) < 4.78 is 26.0. The summed E-state index contributed by atoms with van der Waals surface area (Å²) in [6.45, 7) is 3.52. The molecule has 154 valence electrons. The quantitative estimate of drug-likeness (QED) is 0.723. The van der Waals surface area contributed by atoms with Gasteiger partial charge in [-0.15, -0.1) is 11.8 Å². The monoisotopic (exact) mass is 432 g/mol. The lowest BCUT2D eigenvalue weighted by molar-refractivity contribution is -0.116. The summed E-state index contributed by atoms with van der Waals surface area (Å²) in [6.07, 6.45) is 0.999. The lowest BCUT2D eigenvalue weighted by Gasteiger charge is -2.16. The third-order valence-corrected chi connectivity index (χ3v) is 8.03. The van der Waals surface area contributed by atoms with Crippen LogP contribution in [-0.4, -0.2) is 31.2 Å². The van der Waals surface area contributed by atoms with Crippen molar-refractivity contribution in [1.29, 1.82) is 0 Å². The van der Waals surface area contributed by atoms with E-state index in [4.69, 9.17) is 0 Å². The zero-order valence-electron chi connectivity index (χ0n) is 16.4. The van der Waals surface area contributed by atoms with Crippen LogP contribution in [0, 0.1) is 0 Å². The van der Waals surface area contributed by atoms with Gasteiger partial charge in [-0.05, 0) is 43.2 Å². The summed E-state index contributed by atoms with van der Waals surface area (Å²) >= 11 is 1.51. The van der Waals surface area contributed by atoms with E-state index in [1.54, 1.807) is 12.1 Å². The first-order chi connectivity index (χ1) is 13.8. The Labute approximate surface area is 175 Å². The van der Waals surface area contributed by atoms with Gasteiger partial charge in [-0.3, -0.25) is 9.59 Å². The number of hydrogen-bond acceptors (Lipinski definition) is 5. The van der Waals surface area contributed by atoms with E-state index >= 15 is 0 Å². The number of amides is 2. The first-order valence-corrected chi connectivity index (χ1v) is 12.0. The number of para-hydroxylation sites is 1. The van der Waals surface area contributed by atoms with E-state index in [2.05, 4.69) is 10.6 Å². The van der Waals surface area contributed by atoms with E-state index < -0.39 is 15.1 Å². The van der Waals surface area contributed by atoms with Gasteiger partial charge in [0.05, 0.1) is 15.8 Å². The van der Waals surface area contributed by atoms with Crippen LogP contribution in [-0.2, 0) is 25.8 Å². The molecule has 0 fully saturated rings.